The van der Waals surface area contributed by atoms with Gasteiger partial charge < -0.3 is 24.6 Å². The molecule has 0 radical (unpaired) electrons. The molecule has 7 nitrogen and oxygen atoms in total. The molecule has 1 aliphatic carbocycles. The first-order chi connectivity index (χ1) is 18.1. The van der Waals surface area contributed by atoms with Crippen LogP contribution in [0.3, 0.4) is 0 Å². The van der Waals surface area contributed by atoms with Crippen LogP contribution in [0, 0.1) is 11.3 Å². The van der Waals surface area contributed by atoms with E-state index in [0.717, 1.165) is 37.0 Å². The summed E-state index contributed by atoms with van der Waals surface area (Å²) in [7, 11) is 3.23. The summed E-state index contributed by atoms with van der Waals surface area (Å²) in [5, 5.41) is 3.62. The molecule has 2 heterocycles. The molecule has 1 amide bonds. The Bertz CT molecular complexity index is 1120. The van der Waals surface area contributed by atoms with Crippen LogP contribution >= 0.6 is 0 Å². The minimum absolute atomic E-state index is 0.152. The third-order valence-electron chi connectivity index (χ3n) is 8.09. The van der Waals surface area contributed by atoms with Gasteiger partial charge >= 0.3 is 6.18 Å². The van der Waals surface area contributed by atoms with Gasteiger partial charge in [0.05, 0.1) is 25.2 Å². The number of alkyl halides is 3. The van der Waals surface area contributed by atoms with Crippen molar-refractivity contribution in [2.45, 2.75) is 51.9 Å². The molecule has 1 aromatic heterocycles. The Morgan fingerprint density at radius 2 is 1.82 bits per heavy atom. The molecule has 4 rings (SSSR count). The third-order valence-corrected chi connectivity index (χ3v) is 8.09. The lowest BCUT2D eigenvalue weighted by atomic mass is 9.74. The maximum absolute atomic E-state index is 13.9. The predicted molar refractivity (Wildman–Crippen MR) is 139 cm³/mol. The zero-order chi connectivity index (χ0) is 27.5. The van der Waals surface area contributed by atoms with Crippen LogP contribution in [0.2, 0.25) is 0 Å². The number of carbonyl (C=O) groups is 1. The molecule has 0 spiro atoms. The van der Waals surface area contributed by atoms with Gasteiger partial charge in [-0.1, -0.05) is 19.9 Å². The van der Waals surface area contributed by atoms with E-state index in [2.05, 4.69) is 24.1 Å². The maximum atomic E-state index is 13.9. The van der Waals surface area contributed by atoms with Crippen LogP contribution in [-0.4, -0.2) is 62.2 Å². The van der Waals surface area contributed by atoms with E-state index in [0.29, 0.717) is 50.0 Å². The van der Waals surface area contributed by atoms with Crippen LogP contribution < -0.4 is 19.7 Å². The Kier molecular flexibility index (Phi) is 8.40. The zero-order valence-electron chi connectivity index (χ0n) is 22.5. The molecule has 1 N–H and O–H groups in total. The van der Waals surface area contributed by atoms with Crippen LogP contribution in [0.4, 0.5) is 19.0 Å². The number of aromatic nitrogens is 1. The minimum Gasteiger partial charge on any atom is -0.493 e. The van der Waals surface area contributed by atoms with Crippen molar-refractivity contribution in [3.05, 3.63) is 47.7 Å². The molecule has 0 unspecified atom stereocenters. The van der Waals surface area contributed by atoms with E-state index in [9.17, 15) is 18.0 Å². The Morgan fingerprint density at radius 1 is 1.11 bits per heavy atom. The molecule has 2 atom stereocenters. The highest BCUT2D eigenvalue weighted by molar-refractivity contribution is 5.84. The fourth-order valence-electron chi connectivity index (χ4n) is 5.69. The van der Waals surface area contributed by atoms with Gasteiger partial charge in [0.2, 0.25) is 5.91 Å². The topological polar surface area (TPSA) is 66.9 Å². The average Bonchev–Trinajstić information content (AvgIpc) is 3.37. The smallest absolute Gasteiger partial charge is 0.416 e. The number of nitrogens with zero attached hydrogens (tertiary/aromatic N) is 3. The van der Waals surface area contributed by atoms with E-state index in [4.69, 9.17) is 9.47 Å². The molecule has 2 fully saturated rings. The normalized spacial score (nSPS) is 22.2. The third kappa shape index (κ3) is 5.85. The number of halogens is 3. The first-order valence-corrected chi connectivity index (χ1v) is 13.1. The highest BCUT2D eigenvalue weighted by Gasteiger charge is 2.49. The summed E-state index contributed by atoms with van der Waals surface area (Å²) in [6.45, 7) is 6.72. The van der Waals surface area contributed by atoms with E-state index < -0.39 is 17.2 Å². The van der Waals surface area contributed by atoms with Gasteiger partial charge in [-0.2, -0.15) is 13.2 Å². The van der Waals surface area contributed by atoms with Crippen LogP contribution in [0.1, 0.15) is 44.2 Å². The van der Waals surface area contributed by atoms with Crippen molar-refractivity contribution in [2.75, 3.05) is 45.3 Å². The molecule has 2 aliphatic rings. The first-order valence-electron chi connectivity index (χ1n) is 13.1. The molecule has 1 saturated carbocycles. The monoisotopic (exact) mass is 534 g/mol. The molecule has 1 saturated heterocycles. The number of anilines is 1. The second-order valence-corrected chi connectivity index (χ2v) is 10.5. The van der Waals surface area contributed by atoms with Crippen molar-refractivity contribution < 1.29 is 27.4 Å². The van der Waals surface area contributed by atoms with Gasteiger partial charge in [0, 0.05) is 45.0 Å². The SMILES string of the molecule is COc1ccc(CN[C@H]2CC[C@](C(=O)N3CCN(c4cc(C(F)(F)F)ccn4)CC3)(C(C)C)C2)cc1OC. The highest BCUT2D eigenvalue weighted by atomic mass is 19.4. The lowest BCUT2D eigenvalue weighted by Gasteiger charge is -2.42. The van der Waals surface area contributed by atoms with E-state index in [1.54, 1.807) is 14.2 Å². The number of piperazine rings is 1. The lowest BCUT2D eigenvalue weighted by molar-refractivity contribution is -0.145. The van der Waals surface area contributed by atoms with E-state index in [-0.39, 0.29) is 17.9 Å². The second kappa shape index (κ2) is 11.4. The van der Waals surface area contributed by atoms with Crippen molar-refractivity contribution in [3.8, 4) is 11.5 Å². The van der Waals surface area contributed by atoms with Gasteiger partial charge in [0.1, 0.15) is 5.82 Å². The van der Waals surface area contributed by atoms with Crippen molar-refractivity contribution in [3.63, 3.8) is 0 Å². The summed E-state index contributed by atoms with van der Waals surface area (Å²) < 4.78 is 50.1. The Balaban J connectivity index is 1.37. The summed E-state index contributed by atoms with van der Waals surface area (Å²) in [5.41, 5.74) is -0.0843. The molecular formula is C28H37F3N4O3. The zero-order valence-corrected chi connectivity index (χ0v) is 22.5. The quantitative estimate of drug-likeness (QED) is 0.527. The average molecular weight is 535 g/mol. The summed E-state index contributed by atoms with van der Waals surface area (Å²) in [4.78, 5) is 21.7. The first kappa shape index (κ1) is 28.0. The lowest BCUT2D eigenvalue weighted by Crippen LogP contribution is -2.54. The Hall–Kier alpha value is -3.01. The van der Waals surface area contributed by atoms with Crippen LogP contribution in [0.5, 0.6) is 11.5 Å². The molecule has 10 heteroatoms. The van der Waals surface area contributed by atoms with Crippen LogP contribution in [0.15, 0.2) is 36.5 Å². The minimum atomic E-state index is -4.41. The van der Waals surface area contributed by atoms with E-state index in [1.807, 2.05) is 28.0 Å². The summed E-state index contributed by atoms with van der Waals surface area (Å²) in [6, 6.07) is 8.12. The molecule has 0 bridgehead atoms. The fourth-order valence-corrected chi connectivity index (χ4v) is 5.69. The molecule has 2 aromatic rings. The van der Waals surface area contributed by atoms with Crippen molar-refractivity contribution in [1.29, 1.82) is 0 Å². The fraction of sp³-hybridized carbons (Fsp3) is 0.571. The molecular weight excluding hydrogens is 497 g/mol. The number of ether oxygens (including phenoxy) is 2. The Labute approximate surface area is 222 Å². The molecule has 38 heavy (non-hydrogen) atoms. The summed E-state index contributed by atoms with van der Waals surface area (Å²) in [5.74, 6) is 1.99. The maximum Gasteiger partial charge on any atom is 0.416 e. The number of methoxy groups -OCH3 is 2. The number of hydrogen-bond donors (Lipinski definition) is 1. The van der Waals surface area contributed by atoms with Gasteiger partial charge in [0.15, 0.2) is 11.5 Å². The van der Waals surface area contributed by atoms with Gasteiger partial charge in [0.25, 0.3) is 0 Å². The number of benzene rings is 1. The number of hydrogen-bond acceptors (Lipinski definition) is 6. The van der Waals surface area contributed by atoms with Crippen molar-refractivity contribution in [2.24, 2.45) is 11.3 Å². The number of amides is 1. The Morgan fingerprint density at radius 3 is 2.45 bits per heavy atom. The summed E-state index contributed by atoms with van der Waals surface area (Å²) >= 11 is 0. The number of pyridine rings is 1. The van der Waals surface area contributed by atoms with E-state index in [1.165, 1.54) is 6.20 Å². The van der Waals surface area contributed by atoms with Gasteiger partial charge in [-0.05, 0) is 55.0 Å². The number of rotatable bonds is 8. The summed E-state index contributed by atoms with van der Waals surface area (Å²) in [6.07, 6.45) is -0.747. The van der Waals surface area contributed by atoms with Crippen LogP contribution in [0.25, 0.3) is 0 Å². The van der Waals surface area contributed by atoms with Gasteiger partial charge in [-0.15, -0.1) is 0 Å². The number of carbonyl (C=O) groups excluding carboxylic acids is 1. The van der Waals surface area contributed by atoms with Gasteiger partial charge in [-0.25, -0.2) is 4.98 Å². The highest BCUT2D eigenvalue weighted by Crippen LogP contribution is 2.46. The van der Waals surface area contributed by atoms with Crippen molar-refractivity contribution >= 4 is 11.7 Å². The number of nitrogens with one attached hydrogen (secondary N) is 1. The molecule has 1 aromatic carbocycles. The predicted octanol–water partition coefficient (Wildman–Crippen LogP) is 4.75. The second-order valence-electron chi connectivity index (χ2n) is 10.5. The largest absolute Gasteiger partial charge is 0.493 e. The van der Waals surface area contributed by atoms with E-state index >= 15 is 0 Å². The molecule has 1 aliphatic heterocycles. The van der Waals surface area contributed by atoms with Gasteiger partial charge in [-0.3, -0.25) is 4.79 Å². The molecule has 208 valence electrons. The van der Waals surface area contributed by atoms with Crippen molar-refractivity contribution in [1.82, 2.24) is 15.2 Å². The van der Waals surface area contributed by atoms with Crippen LogP contribution in [-0.2, 0) is 17.5 Å². The standard InChI is InChI=1S/C28H37F3N4O3/c1-19(2)27(9-7-22(17-27)33-18-20-5-6-23(37-3)24(15-20)38-4)26(36)35-13-11-34(12-14-35)25-16-21(8-10-32-25)28(29,30)31/h5-6,8,10,15-16,19,22,33H,7,9,11-14,17-18H2,1-4H3/t22-,27+/m0/s1.